The molecule has 4 rings (SSSR count). The van der Waals surface area contributed by atoms with Crippen LogP contribution in [0.5, 0.6) is 5.75 Å². The largest absolute Gasteiger partial charge is 0.497 e. The van der Waals surface area contributed by atoms with E-state index in [4.69, 9.17) is 9.47 Å². The fourth-order valence-electron chi connectivity index (χ4n) is 3.53. The fourth-order valence-corrected chi connectivity index (χ4v) is 4.14. The van der Waals surface area contributed by atoms with E-state index < -0.39 is 0 Å². The van der Waals surface area contributed by atoms with E-state index in [0.717, 1.165) is 38.5 Å². The van der Waals surface area contributed by atoms with Gasteiger partial charge in [-0.2, -0.15) is 0 Å². The molecule has 1 N–H and O–H groups in total. The molecule has 1 aliphatic rings. The number of methoxy groups -OCH3 is 1. The predicted molar refractivity (Wildman–Crippen MR) is 119 cm³/mol. The highest BCUT2D eigenvalue weighted by Crippen LogP contribution is 2.27. The van der Waals surface area contributed by atoms with Crippen molar-refractivity contribution >= 4 is 28.1 Å². The Kier molecular flexibility index (Phi) is 6.43. The molecule has 8 nitrogen and oxygen atoms in total. The monoisotopic (exact) mass is 439 g/mol. The van der Waals surface area contributed by atoms with Gasteiger partial charge < -0.3 is 19.7 Å². The summed E-state index contributed by atoms with van der Waals surface area (Å²) in [5, 5.41) is 13.1. The van der Waals surface area contributed by atoms with Crippen LogP contribution in [-0.4, -0.2) is 52.8 Å². The third kappa shape index (κ3) is 5.36. The van der Waals surface area contributed by atoms with Gasteiger partial charge in [0, 0.05) is 17.9 Å². The minimum Gasteiger partial charge on any atom is -0.497 e. The molecule has 1 saturated heterocycles. The van der Waals surface area contributed by atoms with Gasteiger partial charge in [-0.3, -0.25) is 9.78 Å². The maximum absolute atomic E-state index is 12.9. The first-order valence-electron chi connectivity index (χ1n) is 10.1. The second kappa shape index (κ2) is 9.40. The molecule has 162 valence electrons. The van der Waals surface area contributed by atoms with Crippen LogP contribution in [0.4, 0.5) is 10.8 Å². The Bertz CT molecular complexity index is 1070. The quantitative estimate of drug-likeness (QED) is 0.629. The summed E-state index contributed by atoms with van der Waals surface area (Å²) >= 11 is 1.49. The average Bonchev–Trinajstić information content (AvgIpc) is 3.18. The van der Waals surface area contributed by atoms with Crippen LogP contribution >= 0.6 is 11.3 Å². The summed E-state index contributed by atoms with van der Waals surface area (Å²) in [6, 6.07) is 11.5. The molecular formula is C22H25N5O3S. The van der Waals surface area contributed by atoms with Crippen molar-refractivity contribution in [3.05, 3.63) is 58.4 Å². The normalized spacial score (nSPS) is 16.2. The standard InChI is InChI=1S/C22H25N5O3S/c1-14-9-17(24-22-26-25-15(2)31-22)12-19(23-14)20-13-27(7-8-30-20)21(28)11-16-5-4-6-18(10-16)29-3/h4-6,9-10,12,20H,7-8,11,13H2,1-3H3,(H,23,24,26). The summed E-state index contributed by atoms with van der Waals surface area (Å²) in [5.41, 5.74) is 3.47. The van der Waals surface area contributed by atoms with E-state index in [1.807, 2.05) is 55.1 Å². The van der Waals surface area contributed by atoms with Gasteiger partial charge in [-0.1, -0.05) is 23.5 Å². The number of aromatic nitrogens is 3. The lowest BCUT2D eigenvalue weighted by molar-refractivity contribution is -0.138. The molecule has 1 fully saturated rings. The van der Waals surface area contributed by atoms with Gasteiger partial charge in [0.2, 0.25) is 11.0 Å². The molecule has 0 radical (unpaired) electrons. The van der Waals surface area contributed by atoms with Crippen molar-refractivity contribution in [1.29, 1.82) is 0 Å². The van der Waals surface area contributed by atoms with Crippen LogP contribution in [0, 0.1) is 13.8 Å². The van der Waals surface area contributed by atoms with Gasteiger partial charge in [0.1, 0.15) is 16.9 Å². The van der Waals surface area contributed by atoms with Gasteiger partial charge in [0.15, 0.2) is 0 Å². The van der Waals surface area contributed by atoms with Crippen molar-refractivity contribution in [2.24, 2.45) is 0 Å². The van der Waals surface area contributed by atoms with E-state index in [0.29, 0.717) is 26.1 Å². The Morgan fingerprint density at radius 1 is 1.29 bits per heavy atom. The van der Waals surface area contributed by atoms with Crippen LogP contribution < -0.4 is 10.1 Å². The molecule has 0 saturated carbocycles. The Morgan fingerprint density at radius 2 is 2.16 bits per heavy atom. The van der Waals surface area contributed by atoms with Crippen molar-refractivity contribution in [2.45, 2.75) is 26.4 Å². The first-order chi connectivity index (χ1) is 15.0. The molecule has 0 aliphatic carbocycles. The summed E-state index contributed by atoms with van der Waals surface area (Å²) < 4.78 is 11.2. The van der Waals surface area contributed by atoms with Crippen LogP contribution in [0.2, 0.25) is 0 Å². The number of carbonyl (C=O) groups is 1. The van der Waals surface area contributed by atoms with Gasteiger partial charge in [0.05, 0.1) is 32.4 Å². The van der Waals surface area contributed by atoms with E-state index in [-0.39, 0.29) is 12.0 Å². The van der Waals surface area contributed by atoms with E-state index in [2.05, 4.69) is 20.5 Å². The zero-order valence-electron chi connectivity index (χ0n) is 17.8. The van der Waals surface area contributed by atoms with E-state index >= 15 is 0 Å². The van der Waals surface area contributed by atoms with Gasteiger partial charge >= 0.3 is 0 Å². The highest BCUT2D eigenvalue weighted by molar-refractivity contribution is 7.15. The molecule has 3 aromatic rings. The fraction of sp³-hybridized carbons (Fsp3) is 0.364. The number of nitrogens with one attached hydrogen (secondary N) is 1. The lowest BCUT2D eigenvalue weighted by Crippen LogP contribution is -2.43. The average molecular weight is 440 g/mol. The zero-order chi connectivity index (χ0) is 21.8. The molecule has 1 amide bonds. The number of hydrogen-bond acceptors (Lipinski definition) is 8. The predicted octanol–water partition coefficient (Wildman–Crippen LogP) is 3.44. The first-order valence-corrected chi connectivity index (χ1v) is 10.9. The minimum atomic E-state index is -0.278. The Hall–Kier alpha value is -3.04. The van der Waals surface area contributed by atoms with Crippen molar-refractivity contribution in [3.63, 3.8) is 0 Å². The highest BCUT2D eigenvalue weighted by atomic mass is 32.1. The van der Waals surface area contributed by atoms with E-state index in [1.54, 1.807) is 7.11 Å². The Balaban J connectivity index is 1.45. The Morgan fingerprint density at radius 3 is 2.94 bits per heavy atom. The zero-order valence-corrected chi connectivity index (χ0v) is 18.6. The third-order valence-electron chi connectivity index (χ3n) is 4.99. The molecular weight excluding hydrogens is 414 g/mol. The number of ether oxygens (including phenoxy) is 2. The smallest absolute Gasteiger partial charge is 0.227 e. The van der Waals surface area contributed by atoms with Gasteiger partial charge in [0.25, 0.3) is 0 Å². The molecule has 31 heavy (non-hydrogen) atoms. The van der Waals surface area contributed by atoms with Crippen molar-refractivity contribution in [3.8, 4) is 5.75 Å². The summed E-state index contributed by atoms with van der Waals surface area (Å²) in [4.78, 5) is 19.4. The highest BCUT2D eigenvalue weighted by Gasteiger charge is 2.27. The topological polar surface area (TPSA) is 89.5 Å². The maximum Gasteiger partial charge on any atom is 0.227 e. The molecule has 0 bridgehead atoms. The number of benzene rings is 1. The van der Waals surface area contributed by atoms with Crippen molar-refractivity contribution in [1.82, 2.24) is 20.1 Å². The number of hydrogen-bond donors (Lipinski definition) is 1. The molecule has 1 unspecified atom stereocenters. The van der Waals surface area contributed by atoms with Crippen LogP contribution in [0.15, 0.2) is 36.4 Å². The van der Waals surface area contributed by atoms with Crippen molar-refractivity contribution < 1.29 is 14.3 Å². The summed E-state index contributed by atoms with van der Waals surface area (Å²) in [7, 11) is 1.62. The number of rotatable bonds is 6. The summed E-state index contributed by atoms with van der Waals surface area (Å²) in [6.07, 6.45) is 0.0496. The lowest BCUT2D eigenvalue weighted by Gasteiger charge is -2.33. The molecule has 0 spiro atoms. The SMILES string of the molecule is COc1cccc(CC(=O)N2CCOC(c3cc(Nc4nnc(C)s4)cc(C)n3)C2)c1. The van der Waals surface area contributed by atoms with Crippen molar-refractivity contribution in [2.75, 3.05) is 32.1 Å². The third-order valence-corrected chi connectivity index (χ3v) is 5.74. The first kappa shape index (κ1) is 21.2. The number of pyridine rings is 1. The second-order valence-electron chi connectivity index (χ2n) is 7.40. The van der Waals surface area contributed by atoms with Gasteiger partial charge in [-0.05, 0) is 43.7 Å². The summed E-state index contributed by atoms with van der Waals surface area (Å²) in [6.45, 7) is 5.37. The number of nitrogens with zero attached hydrogens (tertiary/aromatic N) is 4. The number of anilines is 2. The minimum absolute atomic E-state index is 0.0666. The van der Waals surface area contributed by atoms with Gasteiger partial charge in [-0.25, -0.2) is 0 Å². The van der Waals surface area contributed by atoms with E-state index in [9.17, 15) is 4.79 Å². The molecule has 2 aromatic heterocycles. The second-order valence-corrected chi connectivity index (χ2v) is 8.58. The number of aryl methyl sites for hydroxylation is 2. The molecule has 9 heteroatoms. The van der Waals surface area contributed by atoms with Crippen LogP contribution in [0.25, 0.3) is 0 Å². The van der Waals surface area contributed by atoms with Crippen LogP contribution in [-0.2, 0) is 16.0 Å². The Labute approximate surface area is 185 Å². The summed E-state index contributed by atoms with van der Waals surface area (Å²) in [5.74, 6) is 0.816. The number of carbonyl (C=O) groups excluding carboxylic acids is 1. The number of morpholine rings is 1. The maximum atomic E-state index is 12.9. The number of amides is 1. The molecule has 1 atom stereocenters. The van der Waals surface area contributed by atoms with Crippen LogP contribution in [0.3, 0.4) is 0 Å². The lowest BCUT2D eigenvalue weighted by atomic mass is 10.1. The van der Waals surface area contributed by atoms with Gasteiger partial charge in [-0.15, -0.1) is 10.2 Å². The molecule has 3 heterocycles. The van der Waals surface area contributed by atoms with E-state index in [1.165, 1.54) is 11.3 Å². The molecule has 1 aromatic carbocycles. The molecule has 1 aliphatic heterocycles. The van der Waals surface area contributed by atoms with Crippen LogP contribution in [0.1, 0.15) is 28.1 Å².